The molecule has 0 saturated carbocycles. The molecular formula is C12H14F4N2O2. The third-order valence-electron chi connectivity index (χ3n) is 2.37. The number of rotatable bonds is 7. The Morgan fingerprint density at radius 3 is 2.25 bits per heavy atom. The van der Waals surface area contributed by atoms with Gasteiger partial charge in [0.2, 0.25) is 0 Å². The van der Waals surface area contributed by atoms with Gasteiger partial charge in [-0.3, -0.25) is 4.79 Å². The number of nitrogens with two attached hydrogens (primary N) is 1. The molecule has 0 bridgehead atoms. The van der Waals surface area contributed by atoms with E-state index >= 15 is 0 Å². The summed E-state index contributed by atoms with van der Waals surface area (Å²) in [5.41, 5.74) is 5.36. The van der Waals surface area contributed by atoms with Crippen molar-refractivity contribution < 1.29 is 27.1 Å². The highest BCUT2D eigenvalue weighted by Crippen LogP contribution is 2.16. The molecule has 0 saturated heterocycles. The number of alkyl halides is 4. The first-order chi connectivity index (χ1) is 9.43. The molecule has 0 radical (unpaired) electrons. The van der Waals surface area contributed by atoms with Crippen LogP contribution >= 0.6 is 0 Å². The van der Waals surface area contributed by atoms with Crippen molar-refractivity contribution in [3.05, 3.63) is 29.8 Å². The highest BCUT2D eigenvalue weighted by molar-refractivity contribution is 5.94. The minimum Gasteiger partial charge on any atom is -0.435 e. The number of halogens is 4. The Morgan fingerprint density at radius 1 is 1.20 bits per heavy atom. The maximum atomic E-state index is 12.4. The Hall–Kier alpha value is -1.83. The Morgan fingerprint density at radius 2 is 1.80 bits per heavy atom. The van der Waals surface area contributed by atoms with E-state index in [4.69, 9.17) is 5.73 Å². The lowest BCUT2D eigenvalue weighted by atomic mass is 10.2. The maximum Gasteiger partial charge on any atom is 0.387 e. The predicted molar refractivity (Wildman–Crippen MR) is 64.0 cm³/mol. The predicted octanol–water partition coefficient (Wildman–Crippen LogP) is 1.95. The fraction of sp³-hybridized carbons (Fsp3) is 0.417. The van der Waals surface area contributed by atoms with E-state index in [0.717, 1.165) is 4.90 Å². The Balaban J connectivity index is 2.78. The smallest absolute Gasteiger partial charge is 0.387 e. The highest BCUT2D eigenvalue weighted by Gasteiger charge is 2.19. The molecule has 2 N–H and O–H groups in total. The number of nitrogens with zero attached hydrogens (tertiary/aromatic N) is 1. The van der Waals surface area contributed by atoms with Crippen molar-refractivity contribution in [3.8, 4) is 5.75 Å². The summed E-state index contributed by atoms with van der Waals surface area (Å²) in [6.45, 7) is -3.67. The molecule has 8 heteroatoms. The lowest BCUT2D eigenvalue weighted by Crippen LogP contribution is -2.38. The van der Waals surface area contributed by atoms with Gasteiger partial charge in [0.15, 0.2) is 0 Å². The number of ether oxygens (including phenoxy) is 1. The van der Waals surface area contributed by atoms with Gasteiger partial charge in [-0.1, -0.05) is 0 Å². The standard InChI is InChI=1S/C12H14F4N2O2/c13-10(14)7-18(6-5-17)11(19)8-1-3-9(4-2-8)20-12(15)16/h1-4,10,12H,5-7,17H2. The van der Waals surface area contributed by atoms with Gasteiger partial charge in [-0.25, -0.2) is 8.78 Å². The van der Waals surface area contributed by atoms with Gasteiger partial charge in [0.25, 0.3) is 12.3 Å². The Bertz CT molecular complexity index is 426. The summed E-state index contributed by atoms with van der Waals surface area (Å²) in [5, 5.41) is 0. The van der Waals surface area contributed by atoms with E-state index in [9.17, 15) is 22.4 Å². The quantitative estimate of drug-likeness (QED) is 0.782. The Labute approximate surface area is 113 Å². The molecule has 0 fully saturated rings. The van der Waals surface area contributed by atoms with Crippen LogP contribution < -0.4 is 10.5 Å². The summed E-state index contributed by atoms with van der Waals surface area (Å²) < 4.78 is 52.7. The topological polar surface area (TPSA) is 55.6 Å². The summed E-state index contributed by atoms with van der Waals surface area (Å²) in [5.74, 6) is -0.755. The lowest BCUT2D eigenvalue weighted by molar-refractivity contribution is -0.0498. The number of carbonyl (C=O) groups excluding carboxylic acids is 1. The van der Waals surface area contributed by atoms with Gasteiger partial charge in [-0.05, 0) is 24.3 Å². The van der Waals surface area contributed by atoms with Crippen LogP contribution in [0.15, 0.2) is 24.3 Å². The summed E-state index contributed by atoms with van der Waals surface area (Å²) in [6, 6.07) is 4.80. The van der Waals surface area contributed by atoms with E-state index in [2.05, 4.69) is 4.74 Å². The molecule has 0 heterocycles. The highest BCUT2D eigenvalue weighted by atomic mass is 19.3. The van der Waals surface area contributed by atoms with Crippen LogP contribution in [0.4, 0.5) is 17.6 Å². The number of amides is 1. The molecule has 0 spiro atoms. The van der Waals surface area contributed by atoms with E-state index in [1.165, 1.54) is 24.3 Å². The molecule has 1 amide bonds. The molecule has 1 aromatic carbocycles. The van der Waals surface area contributed by atoms with Gasteiger partial charge in [0.05, 0.1) is 6.54 Å². The SMILES string of the molecule is NCCN(CC(F)F)C(=O)c1ccc(OC(F)F)cc1. The van der Waals surface area contributed by atoms with Crippen LogP contribution in [0.2, 0.25) is 0 Å². The normalized spacial score (nSPS) is 10.9. The molecule has 0 aliphatic carbocycles. The van der Waals surface area contributed by atoms with Gasteiger partial charge in [0.1, 0.15) is 5.75 Å². The number of carbonyl (C=O) groups is 1. The molecule has 20 heavy (non-hydrogen) atoms. The zero-order valence-corrected chi connectivity index (χ0v) is 10.4. The monoisotopic (exact) mass is 294 g/mol. The average Bonchev–Trinajstić information content (AvgIpc) is 2.37. The van der Waals surface area contributed by atoms with E-state index in [-0.39, 0.29) is 24.4 Å². The molecule has 1 aromatic rings. The molecule has 112 valence electrons. The van der Waals surface area contributed by atoms with E-state index < -0.39 is 25.5 Å². The van der Waals surface area contributed by atoms with Crippen molar-refractivity contribution in [2.75, 3.05) is 19.6 Å². The zero-order valence-electron chi connectivity index (χ0n) is 10.4. The van der Waals surface area contributed by atoms with Crippen molar-refractivity contribution in [1.82, 2.24) is 4.90 Å². The molecule has 0 aromatic heterocycles. The van der Waals surface area contributed by atoms with Crippen LogP contribution in [0.1, 0.15) is 10.4 Å². The first kappa shape index (κ1) is 16.2. The van der Waals surface area contributed by atoms with Crippen molar-refractivity contribution in [2.24, 2.45) is 5.73 Å². The molecule has 0 unspecified atom stereocenters. The van der Waals surface area contributed by atoms with Crippen LogP contribution in [-0.2, 0) is 0 Å². The third-order valence-corrected chi connectivity index (χ3v) is 2.37. The molecule has 0 aliphatic heterocycles. The molecule has 1 rings (SSSR count). The van der Waals surface area contributed by atoms with Crippen LogP contribution in [0, 0.1) is 0 Å². The minimum atomic E-state index is -2.97. The van der Waals surface area contributed by atoms with E-state index in [0.29, 0.717) is 0 Å². The lowest BCUT2D eigenvalue weighted by Gasteiger charge is -2.21. The summed E-state index contributed by atoms with van der Waals surface area (Å²) in [4.78, 5) is 12.9. The van der Waals surface area contributed by atoms with Gasteiger partial charge in [0, 0.05) is 18.7 Å². The fourth-order valence-corrected chi connectivity index (χ4v) is 1.56. The van der Waals surface area contributed by atoms with E-state index in [1.807, 2.05) is 0 Å². The van der Waals surface area contributed by atoms with E-state index in [1.54, 1.807) is 0 Å². The average molecular weight is 294 g/mol. The second-order valence-electron chi connectivity index (χ2n) is 3.83. The van der Waals surface area contributed by atoms with Gasteiger partial charge in [-0.2, -0.15) is 8.78 Å². The van der Waals surface area contributed by atoms with Crippen molar-refractivity contribution in [2.45, 2.75) is 13.0 Å². The van der Waals surface area contributed by atoms with Gasteiger partial charge < -0.3 is 15.4 Å². The molecule has 4 nitrogen and oxygen atoms in total. The summed E-state index contributed by atoms with van der Waals surface area (Å²) >= 11 is 0. The number of benzene rings is 1. The van der Waals surface area contributed by atoms with Crippen molar-refractivity contribution in [1.29, 1.82) is 0 Å². The second kappa shape index (κ2) is 7.68. The third kappa shape index (κ3) is 5.04. The molecular weight excluding hydrogens is 280 g/mol. The molecule has 0 aliphatic rings. The summed E-state index contributed by atoms with van der Waals surface area (Å²) in [7, 11) is 0. The fourth-order valence-electron chi connectivity index (χ4n) is 1.56. The van der Waals surface area contributed by atoms with Crippen molar-refractivity contribution >= 4 is 5.91 Å². The summed E-state index contributed by atoms with van der Waals surface area (Å²) in [6.07, 6.45) is -2.67. The van der Waals surface area contributed by atoms with Gasteiger partial charge >= 0.3 is 6.61 Å². The van der Waals surface area contributed by atoms with Crippen LogP contribution in [0.25, 0.3) is 0 Å². The zero-order chi connectivity index (χ0) is 15.1. The first-order valence-corrected chi connectivity index (χ1v) is 5.76. The van der Waals surface area contributed by atoms with Crippen LogP contribution in [-0.4, -0.2) is 43.5 Å². The Kier molecular flexibility index (Phi) is 6.23. The van der Waals surface area contributed by atoms with Gasteiger partial charge in [-0.15, -0.1) is 0 Å². The largest absolute Gasteiger partial charge is 0.435 e. The van der Waals surface area contributed by atoms with Crippen LogP contribution in [0.5, 0.6) is 5.75 Å². The number of hydrogen-bond donors (Lipinski definition) is 1. The minimum absolute atomic E-state index is 0.0154. The maximum absolute atomic E-state index is 12.4. The second-order valence-corrected chi connectivity index (χ2v) is 3.83. The van der Waals surface area contributed by atoms with Crippen LogP contribution in [0.3, 0.4) is 0 Å². The molecule has 0 atom stereocenters. The number of hydrogen-bond acceptors (Lipinski definition) is 3. The first-order valence-electron chi connectivity index (χ1n) is 5.76. The van der Waals surface area contributed by atoms with Crippen molar-refractivity contribution in [3.63, 3.8) is 0 Å².